The maximum atomic E-state index is 13.6. The number of aliphatic carboxylic acids is 1. The van der Waals surface area contributed by atoms with Crippen LogP contribution in [0, 0.1) is 10.1 Å². The summed E-state index contributed by atoms with van der Waals surface area (Å²) in [7, 11) is 2.82. The third kappa shape index (κ3) is 5.24. The minimum absolute atomic E-state index is 0.0291. The van der Waals surface area contributed by atoms with E-state index in [0.29, 0.717) is 22.2 Å². The zero-order valence-corrected chi connectivity index (χ0v) is 23.7. The number of amides is 2. The number of nitro groups is 1. The van der Waals surface area contributed by atoms with Gasteiger partial charge in [0.1, 0.15) is 12.2 Å². The van der Waals surface area contributed by atoms with Crippen LogP contribution in [0.4, 0.5) is 5.69 Å². The highest BCUT2D eigenvalue weighted by Crippen LogP contribution is 2.45. The molecule has 1 saturated heterocycles. The van der Waals surface area contributed by atoms with Crippen molar-refractivity contribution in [2.24, 2.45) is 0 Å². The number of aromatic nitrogens is 1. The third-order valence-electron chi connectivity index (χ3n) is 7.17. The topological polar surface area (TPSA) is 180 Å². The number of nitro benzene ring substituents is 1. The molecule has 15 nitrogen and oxygen atoms in total. The molecule has 0 aliphatic carbocycles. The van der Waals surface area contributed by atoms with Crippen LogP contribution < -0.4 is 23.7 Å². The fraction of sp³-hybridized carbons (Fsp3) is 0.357. The number of carbonyl (C=O) groups excluding carboxylic acids is 2. The summed E-state index contributed by atoms with van der Waals surface area (Å²) in [4.78, 5) is 56.4. The van der Waals surface area contributed by atoms with Gasteiger partial charge < -0.3 is 38.6 Å². The SMILES string of the molecule is CCOc1c(OC)cc([N+](=O)[O-])cc1[C@@H]1N(C)C(=O)[C@H](C)N1C(=O)COc1ccc2cc3c(c(CC(=O)O)c2n1)OCO3. The van der Waals surface area contributed by atoms with Crippen molar-refractivity contribution in [1.82, 2.24) is 14.8 Å². The van der Waals surface area contributed by atoms with Gasteiger partial charge >= 0.3 is 5.97 Å². The van der Waals surface area contributed by atoms with Crippen molar-refractivity contribution in [1.29, 1.82) is 0 Å². The van der Waals surface area contributed by atoms with E-state index in [2.05, 4.69) is 4.98 Å². The molecule has 0 unspecified atom stereocenters. The number of non-ortho nitro benzene ring substituents is 1. The molecule has 3 aromatic rings. The summed E-state index contributed by atoms with van der Waals surface area (Å²) >= 11 is 0. The van der Waals surface area contributed by atoms with Gasteiger partial charge in [-0.2, -0.15) is 0 Å². The van der Waals surface area contributed by atoms with Crippen LogP contribution in [0.2, 0.25) is 0 Å². The van der Waals surface area contributed by atoms with E-state index in [9.17, 15) is 29.6 Å². The fourth-order valence-corrected chi connectivity index (χ4v) is 5.30. The number of rotatable bonds is 10. The first kappa shape index (κ1) is 29.2. The Bertz CT molecular complexity index is 1640. The lowest BCUT2D eigenvalue weighted by Gasteiger charge is -2.30. The van der Waals surface area contributed by atoms with E-state index in [-0.39, 0.29) is 54.2 Å². The molecule has 1 fully saturated rings. The molecule has 0 radical (unpaired) electrons. The fourth-order valence-electron chi connectivity index (χ4n) is 5.30. The molecule has 15 heteroatoms. The Balaban J connectivity index is 1.48. The molecule has 0 saturated carbocycles. The molecular weight excluding hydrogens is 568 g/mol. The van der Waals surface area contributed by atoms with Crippen LogP contribution in [0.15, 0.2) is 30.3 Å². The summed E-state index contributed by atoms with van der Waals surface area (Å²) < 4.78 is 27.7. The molecule has 2 aliphatic rings. The van der Waals surface area contributed by atoms with Crippen molar-refractivity contribution < 1.29 is 48.1 Å². The summed E-state index contributed by atoms with van der Waals surface area (Å²) in [5.41, 5.74) is 0.499. The van der Waals surface area contributed by atoms with Crippen molar-refractivity contribution in [3.8, 4) is 28.9 Å². The lowest BCUT2D eigenvalue weighted by atomic mass is 10.0. The molecule has 226 valence electrons. The van der Waals surface area contributed by atoms with Crippen LogP contribution in [-0.2, 0) is 20.8 Å². The maximum Gasteiger partial charge on any atom is 0.308 e. The van der Waals surface area contributed by atoms with Crippen molar-refractivity contribution in [2.45, 2.75) is 32.5 Å². The minimum atomic E-state index is -1.10. The highest BCUT2D eigenvalue weighted by atomic mass is 16.7. The van der Waals surface area contributed by atoms with Crippen molar-refractivity contribution in [3.63, 3.8) is 0 Å². The molecule has 2 atom stereocenters. The number of methoxy groups -OCH3 is 1. The lowest BCUT2D eigenvalue weighted by Crippen LogP contribution is -2.41. The number of carboxylic acids is 1. The van der Waals surface area contributed by atoms with Gasteiger partial charge in [-0.3, -0.25) is 24.5 Å². The van der Waals surface area contributed by atoms with Gasteiger partial charge in [0, 0.05) is 35.7 Å². The Morgan fingerprint density at radius 1 is 1.21 bits per heavy atom. The largest absolute Gasteiger partial charge is 0.493 e. The van der Waals surface area contributed by atoms with E-state index in [1.54, 1.807) is 26.0 Å². The van der Waals surface area contributed by atoms with E-state index >= 15 is 0 Å². The van der Waals surface area contributed by atoms with Crippen LogP contribution in [0.5, 0.6) is 28.9 Å². The molecule has 5 rings (SSSR count). The first-order valence-electron chi connectivity index (χ1n) is 13.2. The number of fused-ring (bicyclic) bond motifs is 2. The van der Waals surface area contributed by atoms with Gasteiger partial charge in [-0.1, -0.05) is 0 Å². The number of ether oxygens (including phenoxy) is 5. The molecular formula is C28H28N4O11. The number of benzene rings is 2. The Kier molecular flexibility index (Phi) is 7.80. The Morgan fingerprint density at radius 2 is 1.98 bits per heavy atom. The average Bonchev–Trinajstić information content (AvgIpc) is 3.54. The molecule has 2 amide bonds. The number of pyridine rings is 1. The number of likely N-dealkylation sites (N-methyl/N-ethyl adjacent to an activating group) is 1. The van der Waals surface area contributed by atoms with E-state index in [0.717, 1.165) is 0 Å². The van der Waals surface area contributed by atoms with E-state index in [4.69, 9.17) is 23.7 Å². The quantitative estimate of drug-likeness (QED) is 0.267. The summed E-state index contributed by atoms with van der Waals surface area (Å²) in [6.07, 6.45) is -1.45. The van der Waals surface area contributed by atoms with Crippen LogP contribution >= 0.6 is 0 Å². The molecule has 1 aromatic heterocycles. The molecule has 0 spiro atoms. The summed E-state index contributed by atoms with van der Waals surface area (Å²) in [6, 6.07) is 6.37. The smallest absolute Gasteiger partial charge is 0.308 e. The minimum Gasteiger partial charge on any atom is -0.493 e. The van der Waals surface area contributed by atoms with Crippen molar-refractivity contribution >= 4 is 34.4 Å². The van der Waals surface area contributed by atoms with Gasteiger partial charge in [0.25, 0.3) is 11.6 Å². The van der Waals surface area contributed by atoms with Gasteiger partial charge in [-0.25, -0.2) is 4.98 Å². The van der Waals surface area contributed by atoms with Crippen molar-refractivity contribution in [2.75, 3.05) is 34.2 Å². The predicted octanol–water partition coefficient (Wildman–Crippen LogP) is 2.67. The summed E-state index contributed by atoms with van der Waals surface area (Å²) in [5.74, 6) is -1.15. The standard InChI is InChI=1S/C28H28N4O11/c1-5-40-26-18(9-16(32(37)38)10-19(26)39-4)27-30(3)28(36)14(2)31(27)22(33)12-41-21-7-6-15-8-20-25(43-13-42-20)17(11-23(34)35)24(15)29-21/h6-10,14,27H,5,11-13H2,1-4H3,(H,34,35)/t14-,27+/m0/s1. The number of hydrogen-bond acceptors (Lipinski definition) is 11. The highest BCUT2D eigenvalue weighted by molar-refractivity contribution is 5.92. The highest BCUT2D eigenvalue weighted by Gasteiger charge is 2.47. The first-order chi connectivity index (χ1) is 20.5. The first-order valence-corrected chi connectivity index (χ1v) is 13.2. The number of carboxylic acid groups (broad SMARTS) is 1. The Labute approximate surface area is 244 Å². The third-order valence-corrected chi connectivity index (χ3v) is 7.17. The summed E-state index contributed by atoms with van der Waals surface area (Å²) in [5, 5.41) is 21.7. The van der Waals surface area contributed by atoms with Gasteiger partial charge in [0.05, 0.1) is 36.6 Å². The second kappa shape index (κ2) is 11.5. The van der Waals surface area contributed by atoms with Gasteiger partial charge in [0.2, 0.25) is 18.6 Å². The Hall–Kier alpha value is -5.34. The average molecular weight is 597 g/mol. The van der Waals surface area contributed by atoms with E-state index in [1.165, 1.54) is 42.2 Å². The Morgan fingerprint density at radius 3 is 2.65 bits per heavy atom. The van der Waals surface area contributed by atoms with Gasteiger partial charge in [0.15, 0.2) is 29.6 Å². The lowest BCUT2D eigenvalue weighted by molar-refractivity contribution is -0.385. The second-order valence-corrected chi connectivity index (χ2v) is 9.73. The molecule has 0 bridgehead atoms. The van der Waals surface area contributed by atoms with Crippen LogP contribution in [0.1, 0.15) is 31.1 Å². The van der Waals surface area contributed by atoms with Crippen LogP contribution in [0.25, 0.3) is 10.9 Å². The molecule has 43 heavy (non-hydrogen) atoms. The molecule has 1 N–H and O–H groups in total. The number of hydrogen-bond donors (Lipinski definition) is 1. The molecule has 2 aromatic carbocycles. The van der Waals surface area contributed by atoms with E-state index < -0.39 is 41.5 Å². The van der Waals surface area contributed by atoms with Gasteiger partial charge in [-0.05, 0) is 26.0 Å². The number of carbonyl (C=O) groups is 3. The normalized spacial score (nSPS) is 17.3. The number of nitrogens with zero attached hydrogens (tertiary/aromatic N) is 4. The zero-order valence-electron chi connectivity index (χ0n) is 23.7. The monoisotopic (exact) mass is 596 g/mol. The van der Waals surface area contributed by atoms with Crippen molar-refractivity contribution in [3.05, 3.63) is 51.6 Å². The van der Waals surface area contributed by atoms with Crippen LogP contribution in [-0.4, -0.2) is 82.8 Å². The van der Waals surface area contributed by atoms with Crippen LogP contribution in [0.3, 0.4) is 0 Å². The van der Waals surface area contributed by atoms with Gasteiger partial charge in [-0.15, -0.1) is 0 Å². The summed E-state index contributed by atoms with van der Waals surface area (Å²) in [6.45, 7) is 2.85. The zero-order chi connectivity index (χ0) is 31.0. The predicted molar refractivity (Wildman–Crippen MR) is 147 cm³/mol. The molecule has 3 heterocycles. The second-order valence-electron chi connectivity index (χ2n) is 9.73. The maximum absolute atomic E-state index is 13.6. The molecule has 2 aliphatic heterocycles. The van der Waals surface area contributed by atoms with E-state index in [1.807, 2.05) is 0 Å².